The zero-order valence-corrected chi connectivity index (χ0v) is 7.97. The summed E-state index contributed by atoms with van der Waals surface area (Å²) >= 11 is 0. The van der Waals surface area contributed by atoms with Gasteiger partial charge in [0.05, 0.1) is 11.6 Å². The topological polar surface area (TPSA) is 42.2 Å². The van der Waals surface area contributed by atoms with Crippen molar-refractivity contribution in [3.05, 3.63) is 23.3 Å². The minimum absolute atomic E-state index is 0.0255. The Morgan fingerprint density at radius 1 is 1.19 bits per heavy atom. The molecule has 84 valence electrons. The lowest BCUT2D eigenvalue weighted by molar-refractivity contribution is -0.139. The summed E-state index contributed by atoms with van der Waals surface area (Å²) in [6, 6.07) is 3.88. The zero-order chi connectivity index (χ0) is 11.8. The van der Waals surface area contributed by atoms with Crippen LogP contribution in [0, 0.1) is 11.3 Å². The lowest BCUT2D eigenvalue weighted by atomic mass is 10.1. The molecule has 1 heterocycles. The van der Waals surface area contributed by atoms with Gasteiger partial charge in [-0.25, -0.2) is 0 Å². The van der Waals surface area contributed by atoms with Gasteiger partial charge < -0.3 is 9.47 Å². The van der Waals surface area contributed by atoms with Gasteiger partial charge in [-0.05, 0) is 12.1 Å². The van der Waals surface area contributed by atoms with Crippen LogP contribution in [0.4, 0.5) is 13.2 Å². The van der Waals surface area contributed by atoms with Crippen LogP contribution in [0.3, 0.4) is 0 Å². The fourth-order valence-electron chi connectivity index (χ4n) is 1.49. The molecule has 0 amide bonds. The summed E-state index contributed by atoms with van der Waals surface area (Å²) in [5, 5.41) is 8.64. The predicted molar refractivity (Wildman–Crippen MR) is 47.1 cm³/mol. The average molecular weight is 229 g/mol. The van der Waals surface area contributed by atoms with Gasteiger partial charge in [-0.3, -0.25) is 0 Å². The fraction of sp³-hybridized carbons (Fsp3) is 0.300. The Morgan fingerprint density at radius 2 is 1.88 bits per heavy atom. The summed E-state index contributed by atoms with van der Waals surface area (Å²) < 4.78 is 48.2. The van der Waals surface area contributed by atoms with Crippen molar-refractivity contribution in [3.8, 4) is 17.6 Å². The molecule has 2 rings (SSSR count). The van der Waals surface area contributed by atoms with Crippen LogP contribution in [0.15, 0.2) is 12.1 Å². The first-order chi connectivity index (χ1) is 7.54. The summed E-state index contributed by atoms with van der Waals surface area (Å²) in [4.78, 5) is 0. The normalized spacial score (nSPS) is 14.4. The van der Waals surface area contributed by atoms with E-state index in [2.05, 4.69) is 0 Å². The monoisotopic (exact) mass is 229 g/mol. The van der Waals surface area contributed by atoms with E-state index in [0.717, 1.165) is 6.07 Å². The SMILES string of the molecule is N#Cc1ccc2c(c1C(F)(F)F)OCCO2. The zero-order valence-electron chi connectivity index (χ0n) is 7.97. The van der Waals surface area contributed by atoms with Gasteiger partial charge in [0.1, 0.15) is 18.8 Å². The molecule has 0 N–H and O–H groups in total. The van der Waals surface area contributed by atoms with E-state index in [0.29, 0.717) is 0 Å². The molecule has 0 bridgehead atoms. The largest absolute Gasteiger partial charge is 0.486 e. The van der Waals surface area contributed by atoms with Crippen LogP contribution >= 0.6 is 0 Å². The van der Waals surface area contributed by atoms with Gasteiger partial charge in [0.2, 0.25) is 0 Å². The molecule has 1 aromatic carbocycles. The van der Waals surface area contributed by atoms with E-state index in [-0.39, 0.29) is 19.0 Å². The van der Waals surface area contributed by atoms with Crippen molar-refractivity contribution in [2.24, 2.45) is 0 Å². The minimum Gasteiger partial charge on any atom is -0.486 e. The highest BCUT2D eigenvalue weighted by Crippen LogP contribution is 2.44. The molecule has 0 unspecified atom stereocenters. The van der Waals surface area contributed by atoms with E-state index < -0.39 is 23.1 Å². The Balaban J connectivity index is 2.67. The molecule has 6 heteroatoms. The third-order valence-corrected chi connectivity index (χ3v) is 2.11. The highest BCUT2D eigenvalue weighted by atomic mass is 19.4. The number of hydrogen-bond acceptors (Lipinski definition) is 3. The van der Waals surface area contributed by atoms with Crippen molar-refractivity contribution >= 4 is 0 Å². The van der Waals surface area contributed by atoms with Crippen molar-refractivity contribution in [1.29, 1.82) is 5.26 Å². The van der Waals surface area contributed by atoms with Crippen LogP contribution in [0.1, 0.15) is 11.1 Å². The number of ether oxygens (including phenoxy) is 2. The Morgan fingerprint density at radius 3 is 2.50 bits per heavy atom. The molecular formula is C10H6F3NO2. The number of halogens is 3. The molecule has 1 aromatic rings. The second-order valence-electron chi connectivity index (χ2n) is 3.12. The third kappa shape index (κ3) is 1.65. The van der Waals surface area contributed by atoms with Gasteiger partial charge in [-0.1, -0.05) is 0 Å². The Labute approximate surface area is 89.0 Å². The van der Waals surface area contributed by atoms with Crippen molar-refractivity contribution in [3.63, 3.8) is 0 Å². The molecule has 0 aliphatic carbocycles. The number of benzene rings is 1. The second kappa shape index (κ2) is 3.59. The summed E-state index contributed by atoms with van der Waals surface area (Å²) in [5.41, 5.74) is -1.52. The molecule has 16 heavy (non-hydrogen) atoms. The van der Waals surface area contributed by atoms with Gasteiger partial charge in [-0.15, -0.1) is 0 Å². The molecule has 0 aromatic heterocycles. The van der Waals surface area contributed by atoms with Gasteiger partial charge in [0.15, 0.2) is 11.5 Å². The smallest absolute Gasteiger partial charge is 0.421 e. The highest BCUT2D eigenvalue weighted by Gasteiger charge is 2.39. The van der Waals surface area contributed by atoms with Crippen LogP contribution in [-0.2, 0) is 6.18 Å². The Bertz CT molecular complexity index is 462. The third-order valence-electron chi connectivity index (χ3n) is 2.11. The lowest BCUT2D eigenvalue weighted by Gasteiger charge is -2.22. The number of hydrogen-bond donors (Lipinski definition) is 0. The molecule has 0 radical (unpaired) electrons. The van der Waals surface area contributed by atoms with Gasteiger partial charge in [0.25, 0.3) is 0 Å². The molecule has 0 fully saturated rings. The summed E-state index contributed by atoms with van der Waals surface area (Å²) in [5.74, 6) is -0.365. The maximum Gasteiger partial charge on any atom is 0.421 e. The molecule has 0 saturated heterocycles. The van der Waals surface area contributed by atoms with E-state index in [1.807, 2.05) is 0 Å². The van der Waals surface area contributed by atoms with E-state index in [1.54, 1.807) is 0 Å². The van der Waals surface area contributed by atoms with E-state index >= 15 is 0 Å². The molecule has 0 spiro atoms. The summed E-state index contributed by atoms with van der Waals surface area (Å²) in [7, 11) is 0. The number of alkyl halides is 3. The van der Waals surface area contributed by atoms with E-state index in [1.165, 1.54) is 12.1 Å². The minimum atomic E-state index is -4.63. The van der Waals surface area contributed by atoms with Crippen molar-refractivity contribution in [2.45, 2.75) is 6.18 Å². The van der Waals surface area contributed by atoms with Crippen LogP contribution in [-0.4, -0.2) is 13.2 Å². The maximum absolute atomic E-state index is 12.7. The molecule has 1 aliphatic rings. The van der Waals surface area contributed by atoms with Crippen molar-refractivity contribution in [1.82, 2.24) is 0 Å². The molecule has 0 atom stereocenters. The molecule has 1 aliphatic heterocycles. The second-order valence-corrected chi connectivity index (χ2v) is 3.12. The molecule has 3 nitrogen and oxygen atoms in total. The number of fused-ring (bicyclic) bond motifs is 1. The standard InChI is InChI=1S/C10H6F3NO2/c11-10(12,13)8-6(5-14)1-2-7-9(8)16-4-3-15-7/h1-2H,3-4H2. The van der Waals surface area contributed by atoms with E-state index in [9.17, 15) is 13.2 Å². The number of nitriles is 1. The van der Waals surface area contributed by atoms with Crippen LogP contribution < -0.4 is 9.47 Å². The predicted octanol–water partition coefficient (Wildman–Crippen LogP) is 2.35. The maximum atomic E-state index is 12.7. The Hall–Kier alpha value is -1.90. The van der Waals surface area contributed by atoms with Crippen LogP contribution in [0.5, 0.6) is 11.5 Å². The fourth-order valence-corrected chi connectivity index (χ4v) is 1.49. The van der Waals surface area contributed by atoms with Crippen molar-refractivity contribution < 1.29 is 22.6 Å². The van der Waals surface area contributed by atoms with Gasteiger partial charge in [-0.2, -0.15) is 18.4 Å². The first kappa shape index (κ1) is 10.6. The van der Waals surface area contributed by atoms with Gasteiger partial charge >= 0.3 is 6.18 Å². The van der Waals surface area contributed by atoms with Gasteiger partial charge in [0, 0.05) is 0 Å². The molecular weight excluding hydrogens is 223 g/mol. The first-order valence-electron chi connectivity index (χ1n) is 4.44. The molecule has 0 saturated carbocycles. The van der Waals surface area contributed by atoms with Crippen LogP contribution in [0.2, 0.25) is 0 Å². The first-order valence-corrected chi connectivity index (χ1v) is 4.44. The average Bonchev–Trinajstić information content (AvgIpc) is 2.26. The highest BCUT2D eigenvalue weighted by molar-refractivity contribution is 5.56. The Kier molecular flexibility index (Phi) is 2.38. The number of nitrogens with zero attached hydrogens (tertiary/aromatic N) is 1. The quantitative estimate of drug-likeness (QED) is 0.685. The lowest BCUT2D eigenvalue weighted by Crippen LogP contribution is -2.20. The van der Waals surface area contributed by atoms with Crippen molar-refractivity contribution in [2.75, 3.05) is 13.2 Å². The van der Waals surface area contributed by atoms with E-state index in [4.69, 9.17) is 14.7 Å². The summed E-state index contributed by atoms with van der Waals surface area (Å²) in [6.07, 6.45) is -4.63. The summed E-state index contributed by atoms with van der Waals surface area (Å²) in [6.45, 7) is 0.251. The number of rotatable bonds is 0. The van der Waals surface area contributed by atoms with Crippen LogP contribution in [0.25, 0.3) is 0 Å².